The van der Waals surface area contributed by atoms with Crippen molar-refractivity contribution >= 4 is 6.08 Å². The smallest absolute Gasteiger partial charge is 0.278 e. The summed E-state index contributed by atoms with van der Waals surface area (Å²) in [6.07, 6.45) is 1.68. The van der Waals surface area contributed by atoms with Crippen molar-refractivity contribution in [3.8, 4) is 5.75 Å². The van der Waals surface area contributed by atoms with Crippen molar-refractivity contribution in [2.75, 3.05) is 6.61 Å². The molecule has 0 aliphatic carbocycles. The highest BCUT2D eigenvalue weighted by Crippen LogP contribution is 2.17. The molecule has 0 aromatic heterocycles. The molecule has 1 rings (SSSR count). The number of halogens is 2. The molecule has 0 bridgehead atoms. The first-order chi connectivity index (χ1) is 6.51. The number of rotatable bonds is 4. The molecule has 76 valence electrons. The van der Waals surface area contributed by atoms with Crippen molar-refractivity contribution in [3.05, 3.63) is 36.4 Å². The summed E-state index contributed by atoms with van der Waals surface area (Å²) in [6.45, 7) is 3.81. The Labute approximate surface area is 82.0 Å². The van der Waals surface area contributed by atoms with Gasteiger partial charge in [-0.15, -0.1) is 0 Å². The molecule has 0 aliphatic heterocycles. The van der Waals surface area contributed by atoms with Crippen LogP contribution in [0.25, 0.3) is 6.08 Å². The molecule has 0 spiro atoms. The van der Waals surface area contributed by atoms with Gasteiger partial charge in [-0.1, -0.05) is 24.8 Å². The number of benzene rings is 1. The lowest BCUT2D eigenvalue weighted by molar-refractivity contribution is -0.0229. The van der Waals surface area contributed by atoms with E-state index >= 15 is 0 Å². The molecule has 0 N–H and O–H groups in total. The van der Waals surface area contributed by atoms with E-state index in [9.17, 15) is 8.78 Å². The fourth-order valence-corrected chi connectivity index (χ4v) is 0.910. The fourth-order valence-electron chi connectivity index (χ4n) is 0.910. The predicted octanol–water partition coefficient (Wildman–Crippen LogP) is 3.36. The maximum absolute atomic E-state index is 12.4. The average molecular weight is 198 g/mol. The number of hydrogen-bond donors (Lipinski definition) is 0. The summed E-state index contributed by atoms with van der Waals surface area (Å²) in [6, 6.07) is 6.80. The molecule has 0 heterocycles. The minimum atomic E-state index is -2.79. The Morgan fingerprint density at radius 1 is 1.36 bits per heavy atom. The van der Waals surface area contributed by atoms with Crippen molar-refractivity contribution in [2.24, 2.45) is 0 Å². The van der Waals surface area contributed by atoms with Gasteiger partial charge in [0.25, 0.3) is 5.92 Å². The van der Waals surface area contributed by atoms with Crippen LogP contribution in [0, 0.1) is 0 Å². The Bertz CT molecular complexity index is 298. The van der Waals surface area contributed by atoms with Gasteiger partial charge in [0.1, 0.15) is 5.75 Å². The van der Waals surface area contributed by atoms with Crippen LogP contribution in [0.2, 0.25) is 0 Å². The second-order valence-corrected chi connectivity index (χ2v) is 3.13. The quantitative estimate of drug-likeness (QED) is 0.720. The molecular formula is C11H12F2O. The van der Waals surface area contributed by atoms with Gasteiger partial charge in [-0.05, 0) is 17.7 Å². The summed E-state index contributed by atoms with van der Waals surface area (Å²) in [4.78, 5) is 0. The Balaban J connectivity index is 2.56. The fraction of sp³-hybridized carbons (Fsp3) is 0.273. The highest BCUT2D eigenvalue weighted by molar-refractivity contribution is 5.48. The molecular weight excluding hydrogens is 186 g/mol. The number of hydrogen-bond acceptors (Lipinski definition) is 1. The average Bonchev–Trinajstić information content (AvgIpc) is 2.14. The molecule has 0 saturated carbocycles. The van der Waals surface area contributed by atoms with E-state index in [1.54, 1.807) is 30.3 Å². The normalized spacial score (nSPS) is 11.1. The lowest BCUT2D eigenvalue weighted by Gasteiger charge is -2.11. The van der Waals surface area contributed by atoms with Crippen LogP contribution in [0.15, 0.2) is 30.8 Å². The maximum atomic E-state index is 12.4. The second kappa shape index (κ2) is 4.22. The van der Waals surface area contributed by atoms with Crippen molar-refractivity contribution in [2.45, 2.75) is 12.8 Å². The topological polar surface area (TPSA) is 9.23 Å². The Hall–Kier alpha value is -1.38. The van der Waals surface area contributed by atoms with Crippen LogP contribution >= 0.6 is 0 Å². The van der Waals surface area contributed by atoms with Crippen molar-refractivity contribution in [1.82, 2.24) is 0 Å². The molecule has 0 saturated heterocycles. The van der Waals surface area contributed by atoms with Gasteiger partial charge < -0.3 is 4.74 Å². The molecule has 3 heteroatoms. The largest absolute Gasteiger partial charge is 0.487 e. The standard InChI is InChI=1S/C11H12F2O/c1-3-9-4-6-10(7-5-9)14-8-11(2,12)13/h3-7H,1,8H2,2H3. The van der Waals surface area contributed by atoms with Gasteiger partial charge in [0.05, 0.1) is 0 Å². The van der Waals surface area contributed by atoms with Gasteiger partial charge in [0.2, 0.25) is 0 Å². The molecule has 0 atom stereocenters. The van der Waals surface area contributed by atoms with Gasteiger partial charge in [-0.3, -0.25) is 0 Å². The van der Waals surface area contributed by atoms with E-state index in [-0.39, 0.29) is 0 Å². The molecule has 0 amide bonds. The van der Waals surface area contributed by atoms with E-state index < -0.39 is 12.5 Å². The third-order valence-electron chi connectivity index (χ3n) is 1.61. The summed E-state index contributed by atoms with van der Waals surface area (Å²) >= 11 is 0. The molecule has 1 aromatic carbocycles. The zero-order valence-corrected chi connectivity index (χ0v) is 7.97. The van der Waals surface area contributed by atoms with Crippen LogP contribution in [-0.4, -0.2) is 12.5 Å². The number of ether oxygens (including phenoxy) is 1. The highest BCUT2D eigenvalue weighted by Gasteiger charge is 2.21. The van der Waals surface area contributed by atoms with Gasteiger partial charge in [0, 0.05) is 6.92 Å². The minimum Gasteiger partial charge on any atom is -0.487 e. The van der Waals surface area contributed by atoms with Crippen LogP contribution in [0.4, 0.5) is 8.78 Å². The van der Waals surface area contributed by atoms with Crippen molar-refractivity contribution < 1.29 is 13.5 Å². The van der Waals surface area contributed by atoms with Crippen LogP contribution in [0.5, 0.6) is 5.75 Å². The van der Waals surface area contributed by atoms with E-state index in [1.165, 1.54) is 0 Å². The van der Waals surface area contributed by atoms with E-state index in [2.05, 4.69) is 6.58 Å². The summed E-state index contributed by atoms with van der Waals surface area (Å²) in [5.41, 5.74) is 0.931. The molecule has 0 unspecified atom stereocenters. The van der Waals surface area contributed by atoms with E-state index in [4.69, 9.17) is 4.74 Å². The van der Waals surface area contributed by atoms with E-state index in [0.29, 0.717) is 5.75 Å². The second-order valence-electron chi connectivity index (χ2n) is 3.13. The Kier molecular flexibility index (Phi) is 3.23. The molecule has 0 fully saturated rings. The summed E-state index contributed by atoms with van der Waals surface area (Å²) in [5, 5.41) is 0. The van der Waals surface area contributed by atoms with Crippen molar-refractivity contribution in [3.63, 3.8) is 0 Å². The first-order valence-corrected chi connectivity index (χ1v) is 4.24. The molecule has 0 aliphatic rings. The third-order valence-corrected chi connectivity index (χ3v) is 1.61. The SMILES string of the molecule is C=Cc1ccc(OCC(C)(F)F)cc1. The van der Waals surface area contributed by atoms with Crippen LogP contribution < -0.4 is 4.74 Å². The van der Waals surface area contributed by atoms with Crippen LogP contribution in [0.1, 0.15) is 12.5 Å². The zero-order chi connectivity index (χ0) is 10.6. The highest BCUT2D eigenvalue weighted by atomic mass is 19.3. The Morgan fingerprint density at radius 2 is 1.93 bits per heavy atom. The van der Waals surface area contributed by atoms with E-state index in [0.717, 1.165) is 12.5 Å². The first-order valence-electron chi connectivity index (χ1n) is 4.24. The van der Waals surface area contributed by atoms with Gasteiger partial charge in [0.15, 0.2) is 6.61 Å². The minimum absolute atomic E-state index is 0.442. The van der Waals surface area contributed by atoms with Gasteiger partial charge in [-0.25, -0.2) is 8.78 Å². The molecule has 1 nitrogen and oxygen atoms in total. The van der Waals surface area contributed by atoms with Gasteiger partial charge >= 0.3 is 0 Å². The lowest BCUT2D eigenvalue weighted by atomic mass is 10.2. The van der Waals surface area contributed by atoms with Crippen LogP contribution in [-0.2, 0) is 0 Å². The third kappa shape index (κ3) is 3.56. The number of alkyl halides is 2. The Morgan fingerprint density at radius 3 is 2.36 bits per heavy atom. The van der Waals surface area contributed by atoms with Crippen molar-refractivity contribution in [1.29, 1.82) is 0 Å². The predicted molar refractivity (Wildman–Crippen MR) is 52.6 cm³/mol. The lowest BCUT2D eigenvalue weighted by Crippen LogP contribution is -2.20. The first kappa shape index (κ1) is 10.7. The molecule has 1 aromatic rings. The maximum Gasteiger partial charge on any atom is 0.278 e. The summed E-state index contributed by atoms with van der Waals surface area (Å²) in [7, 11) is 0. The summed E-state index contributed by atoms with van der Waals surface area (Å²) < 4.78 is 29.7. The zero-order valence-electron chi connectivity index (χ0n) is 7.97. The molecule has 14 heavy (non-hydrogen) atoms. The van der Waals surface area contributed by atoms with Gasteiger partial charge in [-0.2, -0.15) is 0 Å². The van der Waals surface area contributed by atoms with Crippen LogP contribution in [0.3, 0.4) is 0 Å². The van der Waals surface area contributed by atoms with E-state index in [1.807, 2.05) is 0 Å². The summed E-state index contributed by atoms with van der Waals surface area (Å²) in [5.74, 6) is -2.35. The molecule has 0 radical (unpaired) electrons. The monoisotopic (exact) mass is 198 g/mol.